The van der Waals surface area contributed by atoms with Crippen LogP contribution in [0, 0.1) is 0 Å². The number of alkyl halides is 17. The Bertz CT molecular complexity index is 1290. The second-order valence-corrected chi connectivity index (χ2v) is 10.1. The van der Waals surface area contributed by atoms with Gasteiger partial charge >= 0.3 is 86.5 Å². The Hall–Kier alpha value is -1.31. The molecule has 1 aromatic carbocycles. The molecule has 0 radical (unpaired) electrons. The van der Waals surface area contributed by atoms with E-state index in [1.54, 1.807) is 0 Å². The fraction of sp³-hybridized carbons (Fsp3) is 0.571. The van der Waals surface area contributed by atoms with E-state index in [0.717, 1.165) is 0 Å². The summed E-state index contributed by atoms with van der Waals surface area (Å²) in [6.07, 6.45) is -7.94. The van der Waals surface area contributed by atoms with E-state index in [1.165, 1.54) is 0 Å². The first-order chi connectivity index (χ1) is 16.7. The summed E-state index contributed by atoms with van der Waals surface area (Å²) in [5.74, 6) is -52.4. The molecule has 0 spiro atoms. The Morgan fingerprint density at radius 1 is 0.525 bits per heavy atom. The first-order valence-corrected chi connectivity index (χ1v) is 11.4. The van der Waals surface area contributed by atoms with Crippen molar-refractivity contribution in [1.29, 1.82) is 0 Å². The topological polar surface area (TPSA) is 103 Å². The maximum absolute atomic E-state index is 13.9. The van der Waals surface area contributed by atoms with Crippen LogP contribution in [0.3, 0.4) is 0 Å². The average molecular weight is 677 g/mol. The van der Waals surface area contributed by atoms with E-state index in [4.69, 9.17) is 0 Å². The molecular weight excluding hydrogens is 672 g/mol. The molecule has 0 unspecified atom stereocenters. The average Bonchev–Trinajstić information content (AvgIpc) is 2.71. The molecule has 0 amide bonds. The van der Waals surface area contributed by atoms with Crippen LogP contribution < -0.4 is 34.3 Å². The van der Waals surface area contributed by atoms with Crippen molar-refractivity contribution in [2.24, 2.45) is 0 Å². The number of benzene rings is 1. The van der Waals surface area contributed by atoms with Gasteiger partial charge in [0, 0.05) is 5.69 Å². The number of rotatable bonds is 10. The smallest absolute Gasteiger partial charge is 0.744 e. The quantitative estimate of drug-likeness (QED) is 0.233. The second-order valence-electron chi connectivity index (χ2n) is 7.04. The van der Waals surface area contributed by atoms with Gasteiger partial charge in [-0.2, -0.15) is 83.1 Å². The summed E-state index contributed by atoms with van der Waals surface area (Å²) in [5.41, 5.74) is -1.53. The number of hydrogen-bond donors (Lipinski definition) is 1. The Morgan fingerprint density at radius 2 is 0.825 bits per heavy atom. The van der Waals surface area contributed by atoms with Gasteiger partial charge in [-0.15, -0.1) is 0 Å². The van der Waals surface area contributed by atoms with Crippen LogP contribution >= 0.6 is 0 Å². The van der Waals surface area contributed by atoms with E-state index in [-0.39, 0.29) is 58.5 Å². The van der Waals surface area contributed by atoms with Crippen molar-refractivity contribution in [3.05, 3.63) is 24.3 Å². The van der Waals surface area contributed by atoms with Crippen LogP contribution in [0.2, 0.25) is 0 Å². The van der Waals surface area contributed by atoms with E-state index in [9.17, 15) is 96.0 Å². The summed E-state index contributed by atoms with van der Waals surface area (Å²) >= 11 is 0. The van der Waals surface area contributed by atoms with Crippen molar-refractivity contribution >= 4 is 25.8 Å². The van der Waals surface area contributed by atoms with Gasteiger partial charge in [-0.3, -0.25) is 4.72 Å². The number of nitrogens with one attached hydrogen (secondary N) is 1. The fourth-order valence-electron chi connectivity index (χ4n) is 2.23. The maximum atomic E-state index is 13.9. The molecular formula is C14H5F17NNaO5S2. The fourth-order valence-corrected chi connectivity index (χ4v) is 3.74. The molecule has 6 nitrogen and oxygen atoms in total. The van der Waals surface area contributed by atoms with Crippen LogP contribution in [-0.4, -0.2) is 68.4 Å². The summed E-state index contributed by atoms with van der Waals surface area (Å²) in [6.45, 7) is 0. The minimum atomic E-state index is -8.97. The number of sulfonamides is 1. The third-order valence-corrected chi connectivity index (χ3v) is 6.71. The zero-order valence-corrected chi connectivity index (χ0v) is 21.7. The van der Waals surface area contributed by atoms with E-state index >= 15 is 0 Å². The summed E-state index contributed by atoms with van der Waals surface area (Å²) in [5, 5.41) is -7.80. The van der Waals surface area contributed by atoms with E-state index in [1.807, 2.05) is 0 Å². The van der Waals surface area contributed by atoms with Gasteiger partial charge in [-0.25, -0.2) is 8.42 Å². The van der Waals surface area contributed by atoms with Crippen LogP contribution in [0.4, 0.5) is 80.3 Å². The molecule has 0 aliphatic carbocycles. The summed E-state index contributed by atoms with van der Waals surface area (Å²) in [4.78, 5) is -1.26. The van der Waals surface area contributed by atoms with Crippen LogP contribution in [-0.2, 0) is 20.1 Å². The maximum Gasteiger partial charge on any atom is 1.00 e. The first kappa shape index (κ1) is 38.7. The Labute approximate surface area is 232 Å². The molecule has 228 valence electrons. The normalized spacial score (nSPS) is 15.4. The molecule has 0 heterocycles. The Balaban J connectivity index is 0.0000152. The van der Waals surface area contributed by atoms with Gasteiger partial charge in [0.05, 0.1) is 4.90 Å². The van der Waals surface area contributed by atoms with Gasteiger partial charge in [0.15, 0.2) is 0 Å². The summed E-state index contributed by atoms with van der Waals surface area (Å²) in [7, 11) is -13.0. The zero-order valence-electron chi connectivity index (χ0n) is 18.1. The van der Waals surface area contributed by atoms with Gasteiger partial charge in [0.2, 0.25) is 0 Å². The molecule has 0 aliphatic heterocycles. The molecule has 1 N–H and O–H groups in total. The minimum Gasteiger partial charge on any atom is -0.744 e. The Kier molecular flexibility index (Phi) is 10.1. The van der Waals surface area contributed by atoms with Crippen molar-refractivity contribution in [2.45, 2.75) is 51.9 Å². The third-order valence-electron chi connectivity index (χ3n) is 4.43. The largest absolute Gasteiger partial charge is 1.00 e. The Morgan fingerprint density at radius 3 is 1.12 bits per heavy atom. The molecule has 0 saturated heterocycles. The molecule has 0 aromatic heterocycles. The minimum absolute atomic E-state index is 0. The summed E-state index contributed by atoms with van der Waals surface area (Å²) in [6, 6.07) is 0.111. The monoisotopic (exact) mass is 677 g/mol. The second kappa shape index (κ2) is 10.4. The van der Waals surface area contributed by atoms with Crippen molar-refractivity contribution in [1.82, 2.24) is 0 Å². The predicted molar refractivity (Wildman–Crippen MR) is 87.6 cm³/mol. The molecule has 1 rings (SSSR count). The first-order valence-electron chi connectivity index (χ1n) is 8.48. The standard InChI is InChI=1S/C14H6F17NO5S2.Na/c15-7(16,9(19,20)11(23,24)13(27,28)29)8(17,18)10(21,22)12(25,26)14(30,31)39(36,37)32-5-1-3-6(4-2-5)38(33,34)35;/h1-4,32H,(H,33,34,35);/q;+1/p-1. The van der Waals surface area contributed by atoms with E-state index in [0.29, 0.717) is 0 Å². The van der Waals surface area contributed by atoms with Crippen LogP contribution in [0.1, 0.15) is 0 Å². The van der Waals surface area contributed by atoms with Crippen LogP contribution in [0.15, 0.2) is 29.2 Å². The van der Waals surface area contributed by atoms with Gasteiger partial charge in [0.1, 0.15) is 10.1 Å². The predicted octanol–water partition coefficient (Wildman–Crippen LogP) is 2.30. The summed E-state index contributed by atoms with van der Waals surface area (Å²) < 4.78 is 280. The SMILES string of the molecule is O=S(=O)([O-])c1ccc(NS(=O)(=O)C(F)(F)C(F)(F)C(F)(F)C(F)(F)C(F)(F)C(F)(F)C(F)(F)C(F)(F)F)cc1.[Na+]. The molecule has 0 fully saturated rings. The van der Waals surface area contributed by atoms with E-state index in [2.05, 4.69) is 0 Å². The molecule has 1 aromatic rings. The number of hydrogen-bond acceptors (Lipinski definition) is 5. The van der Waals surface area contributed by atoms with E-state index < -0.39 is 77.7 Å². The molecule has 0 saturated carbocycles. The van der Waals surface area contributed by atoms with Crippen molar-refractivity contribution < 1.29 is 126 Å². The van der Waals surface area contributed by atoms with Crippen molar-refractivity contribution in [3.8, 4) is 0 Å². The zero-order chi connectivity index (χ0) is 31.7. The molecule has 0 aliphatic rings. The molecule has 40 heavy (non-hydrogen) atoms. The van der Waals surface area contributed by atoms with Crippen LogP contribution in [0.25, 0.3) is 0 Å². The number of anilines is 1. The van der Waals surface area contributed by atoms with Crippen molar-refractivity contribution in [3.63, 3.8) is 0 Å². The van der Waals surface area contributed by atoms with Crippen LogP contribution in [0.5, 0.6) is 0 Å². The third kappa shape index (κ3) is 5.56. The van der Waals surface area contributed by atoms with Gasteiger partial charge in [0.25, 0.3) is 0 Å². The van der Waals surface area contributed by atoms with Gasteiger partial charge < -0.3 is 4.55 Å². The van der Waals surface area contributed by atoms with Gasteiger partial charge in [-0.1, -0.05) is 0 Å². The molecule has 0 bridgehead atoms. The number of halogens is 17. The molecule has 0 atom stereocenters. The van der Waals surface area contributed by atoms with Gasteiger partial charge in [-0.05, 0) is 24.3 Å². The molecule has 26 heteroatoms. The van der Waals surface area contributed by atoms with Crippen molar-refractivity contribution in [2.75, 3.05) is 4.72 Å².